The number of carbonyl (C=O) groups is 1. The van der Waals surface area contributed by atoms with Gasteiger partial charge in [-0.15, -0.1) is 10.2 Å². The highest BCUT2D eigenvalue weighted by Gasteiger charge is 2.19. The molecule has 114 valence electrons. The van der Waals surface area contributed by atoms with Crippen LogP contribution in [0, 0.1) is 0 Å². The number of hydrogen-bond donors (Lipinski definition) is 1. The van der Waals surface area contributed by atoms with E-state index in [2.05, 4.69) is 31.4 Å². The van der Waals surface area contributed by atoms with Gasteiger partial charge in [-0.1, -0.05) is 12.1 Å². The van der Waals surface area contributed by atoms with Crippen LogP contribution < -0.4 is 5.32 Å². The average molecular weight is 361 g/mol. The number of likely N-dealkylation sites (tertiary alicyclic amines) is 1. The number of hydrogen-bond acceptors (Lipinski definition) is 4. The lowest BCUT2D eigenvalue weighted by Crippen LogP contribution is -2.36. The van der Waals surface area contributed by atoms with Gasteiger partial charge in [-0.2, -0.15) is 0 Å². The normalized spacial score (nSPS) is 14.7. The fourth-order valence-electron chi connectivity index (χ4n) is 2.47. The largest absolute Gasteiger partial charge is 0.338 e. The van der Waals surface area contributed by atoms with E-state index in [1.165, 1.54) is 6.42 Å². The molecule has 0 unspecified atom stereocenters. The molecule has 0 aliphatic carbocycles. The molecule has 1 amide bonds. The lowest BCUT2D eigenvalue weighted by atomic mass is 10.1. The molecule has 0 spiro atoms. The van der Waals surface area contributed by atoms with Gasteiger partial charge in [-0.3, -0.25) is 4.79 Å². The zero-order valence-electron chi connectivity index (χ0n) is 12.1. The summed E-state index contributed by atoms with van der Waals surface area (Å²) < 4.78 is 0.949. The SMILES string of the molecule is O=C(c1ccc(Nc2ccccc2Br)nn1)N1CCCCC1. The maximum Gasteiger partial charge on any atom is 0.274 e. The van der Waals surface area contributed by atoms with Crippen molar-refractivity contribution < 1.29 is 4.79 Å². The molecule has 5 nitrogen and oxygen atoms in total. The number of aromatic nitrogens is 2. The Balaban J connectivity index is 1.70. The second-order valence-electron chi connectivity index (χ2n) is 5.26. The number of amides is 1. The molecule has 1 aliphatic rings. The van der Waals surface area contributed by atoms with Crippen molar-refractivity contribution >= 4 is 33.3 Å². The predicted octanol–water partition coefficient (Wildman–Crippen LogP) is 3.61. The highest BCUT2D eigenvalue weighted by atomic mass is 79.9. The standard InChI is InChI=1S/C16H17BrN4O/c17-12-6-2-3-7-13(12)18-15-9-8-14(19-20-15)16(22)21-10-4-1-5-11-21/h2-3,6-9H,1,4-5,10-11H2,(H,18,20). The molecular weight excluding hydrogens is 344 g/mol. The molecule has 1 aromatic heterocycles. The number of anilines is 2. The molecule has 1 N–H and O–H groups in total. The van der Waals surface area contributed by atoms with Crippen LogP contribution in [0.4, 0.5) is 11.5 Å². The van der Waals surface area contributed by atoms with Gasteiger partial charge >= 0.3 is 0 Å². The molecule has 1 fully saturated rings. The Hall–Kier alpha value is -1.95. The summed E-state index contributed by atoms with van der Waals surface area (Å²) in [5, 5.41) is 11.3. The highest BCUT2D eigenvalue weighted by molar-refractivity contribution is 9.10. The Morgan fingerprint density at radius 1 is 1.05 bits per heavy atom. The fourth-order valence-corrected chi connectivity index (χ4v) is 2.86. The Morgan fingerprint density at radius 2 is 1.82 bits per heavy atom. The summed E-state index contributed by atoms with van der Waals surface area (Å²) in [5.74, 6) is 0.585. The quantitative estimate of drug-likeness (QED) is 0.908. The average Bonchev–Trinajstić information content (AvgIpc) is 2.58. The molecule has 0 atom stereocenters. The molecule has 3 rings (SSSR count). The number of piperidine rings is 1. The van der Waals surface area contributed by atoms with Crippen LogP contribution in [0.2, 0.25) is 0 Å². The predicted molar refractivity (Wildman–Crippen MR) is 89.2 cm³/mol. The third-order valence-corrected chi connectivity index (χ3v) is 4.36. The summed E-state index contributed by atoms with van der Waals surface area (Å²) in [6.45, 7) is 1.63. The maximum atomic E-state index is 12.3. The molecule has 0 bridgehead atoms. The van der Waals surface area contributed by atoms with E-state index in [9.17, 15) is 4.79 Å². The molecule has 1 saturated heterocycles. The summed E-state index contributed by atoms with van der Waals surface area (Å²) in [7, 11) is 0. The Morgan fingerprint density at radius 3 is 2.50 bits per heavy atom. The molecule has 0 radical (unpaired) electrons. The molecular formula is C16H17BrN4O. The molecule has 0 saturated carbocycles. The van der Waals surface area contributed by atoms with Gasteiger partial charge in [-0.25, -0.2) is 0 Å². The van der Waals surface area contributed by atoms with Crippen LogP contribution in [0.1, 0.15) is 29.8 Å². The third kappa shape index (κ3) is 3.44. The molecule has 1 aliphatic heterocycles. The van der Waals surface area contributed by atoms with Crippen molar-refractivity contribution in [3.05, 3.63) is 46.6 Å². The van der Waals surface area contributed by atoms with Crippen LogP contribution in [0.15, 0.2) is 40.9 Å². The van der Waals surface area contributed by atoms with Crippen molar-refractivity contribution in [2.75, 3.05) is 18.4 Å². The zero-order valence-corrected chi connectivity index (χ0v) is 13.7. The topological polar surface area (TPSA) is 58.1 Å². The Kier molecular flexibility index (Phi) is 4.68. The monoisotopic (exact) mass is 360 g/mol. The Labute approximate surface area is 137 Å². The minimum absolute atomic E-state index is 0.0281. The summed E-state index contributed by atoms with van der Waals surface area (Å²) >= 11 is 3.47. The Bertz CT molecular complexity index is 653. The van der Waals surface area contributed by atoms with E-state index < -0.39 is 0 Å². The number of nitrogens with one attached hydrogen (secondary N) is 1. The van der Waals surface area contributed by atoms with Gasteiger partial charge in [-0.05, 0) is 59.5 Å². The van der Waals surface area contributed by atoms with Crippen LogP contribution in [0.25, 0.3) is 0 Å². The van der Waals surface area contributed by atoms with Gasteiger partial charge in [0.15, 0.2) is 11.5 Å². The lowest BCUT2D eigenvalue weighted by Gasteiger charge is -2.26. The van der Waals surface area contributed by atoms with E-state index in [0.29, 0.717) is 11.5 Å². The molecule has 2 aromatic rings. The summed E-state index contributed by atoms with van der Waals surface area (Å²) in [4.78, 5) is 14.2. The second kappa shape index (κ2) is 6.87. The number of halogens is 1. The van der Waals surface area contributed by atoms with Crippen LogP contribution >= 0.6 is 15.9 Å². The van der Waals surface area contributed by atoms with E-state index in [4.69, 9.17) is 0 Å². The van der Waals surface area contributed by atoms with Gasteiger partial charge in [0.1, 0.15) is 0 Å². The van der Waals surface area contributed by atoms with Crippen molar-refractivity contribution in [3.8, 4) is 0 Å². The van der Waals surface area contributed by atoms with E-state index >= 15 is 0 Å². The van der Waals surface area contributed by atoms with Crippen molar-refractivity contribution in [2.45, 2.75) is 19.3 Å². The van der Waals surface area contributed by atoms with Crippen molar-refractivity contribution in [1.82, 2.24) is 15.1 Å². The van der Waals surface area contributed by atoms with Gasteiger partial charge in [0.25, 0.3) is 5.91 Å². The van der Waals surface area contributed by atoms with Gasteiger partial charge < -0.3 is 10.2 Å². The smallest absolute Gasteiger partial charge is 0.274 e. The molecule has 1 aromatic carbocycles. The second-order valence-corrected chi connectivity index (χ2v) is 6.12. The van der Waals surface area contributed by atoms with Crippen LogP contribution in [0.3, 0.4) is 0 Å². The lowest BCUT2D eigenvalue weighted by molar-refractivity contribution is 0.0717. The van der Waals surface area contributed by atoms with Crippen LogP contribution in [-0.2, 0) is 0 Å². The molecule has 2 heterocycles. The maximum absolute atomic E-state index is 12.3. The van der Waals surface area contributed by atoms with E-state index in [0.717, 1.165) is 36.1 Å². The van der Waals surface area contributed by atoms with E-state index in [1.54, 1.807) is 12.1 Å². The summed E-state index contributed by atoms with van der Waals surface area (Å²) in [6, 6.07) is 11.3. The first kappa shape index (κ1) is 15.0. The number of nitrogens with zero attached hydrogens (tertiary/aromatic N) is 3. The first-order valence-corrected chi connectivity index (χ1v) is 8.18. The van der Waals surface area contributed by atoms with Crippen molar-refractivity contribution in [1.29, 1.82) is 0 Å². The fraction of sp³-hybridized carbons (Fsp3) is 0.312. The molecule has 22 heavy (non-hydrogen) atoms. The van der Waals surface area contributed by atoms with Gasteiger partial charge in [0, 0.05) is 17.6 Å². The van der Waals surface area contributed by atoms with E-state index in [-0.39, 0.29) is 5.91 Å². The van der Waals surface area contributed by atoms with Crippen molar-refractivity contribution in [3.63, 3.8) is 0 Å². The number of para-hydroxylation sites is 1. The van der Waals surface area contributed by atoms with Gasteiger partial charge in [0.2, 0.25) is 0 Å². The minimum Gasteiger partial charge on any atom is -0.338 e. The van der Waals surface area contributed by atoms with Gasteiger partial charge in [0.05, 0.1) is 5.69 Å². The first-order valence-electron chi connectivity index (χ1n) is 7.38. The number of carbonyl (C=O) groups excluding carboxylic acids is 1. The summed E-state index contributed by atoms with van der Waals surface area (Å²) in [6.07, 6.45) is 3.34. The first-order chi connectivity index (χ1) is 10.7. The highest BCUT2D eigenvalue weighted by Crippen LogP contribution is 2.24. The minimum atomic E-state index is -0.0281. The van der Waals surface area contributed by atoms with Crippen LogP contribution in [-0.4, -0.2) is 34.1 Å². The zero-order chi connectivity index (χ0) is 15.4. The van der Waals surface area contributed by atoms with E-state index in [1.807, 2.05) is 29.2 Å². The number of benzene rings is 1. The van der Waals surface area contributed by atoms with Crippen LogP contribution in [0.5, 0.6) is 0 Å². The summed E-state index contributed by atoms with van der Waals surface area (Å²) in [5.41, 5.74) is 1.31. The third-order valence-electron chi connectivity index (χ3n) is 3.66. The molecule has 6 heteroatoms. The number of rotatable bonds is 3. The van der Waals surface area contributed by atoms with Crippen molar-refractivity contribution in [2.24, 2.45) is 0 Å².